The van der Waals surface area contributed by atoms with Crippen molar-refractivity contribution in [3.63, 3.8) is 0 Å². The van der Waals surface area contributed by atoms with Crippen molar-refractivity contribution < 1.29 is 35.6 Å². The summed E-state index contributed by atoms with van der Waals surface area (Å²) in [7, 11) is 12.3. The number of rotatable bonds is 13. The Morgan fingerprint density at radius 2 is 0.680 bits per heavy atom. The first-order valence-corrected chi connectivity index (χ1v) is 36.6. The first kappa shape index (κ1) is 71.6. The number of hydrogen-bond donors (Lipinski definition) is 0. The molecule has 0 aliphatic carbocycles. The highest BCUT2D eigenvalue weighted by Gasteiger charge is 2.20. The fourth-order valence-corrected chi connectivity index (χ4v) is 12.7. The van der Waals surface area contributed by atoms with Gasteiger partial charge in [-0.3, -0.25) is 0 Å². The van der Waals surface area contributed by atoms with Crippen LogP contribution in [0, 0.1) is 52.9 Å². The maximum absolute atomic E-state index is 8.16. The van der Waals surface area contributed by atoms with Gasteiger partial charge in [-0.05, 0) is 194 Å². The van der Waals surface area contributed by atoms with Crippen LogP contribution >= 0.6 is 0 Å². The molecule has 0 saturated heterocycles. The van der Waals surface area contributed by atoms with Crippen LogP contribution in [0.1, 0.15) is 163 Å². The van der Waals surface area contributed by atoms with Crippen molar-refractivity contribution >= 4 is 0 Å². The summed E-state index contributed by atoms with van der Waals surface area (Å²) >= 11 is 0. The van der Waals surface area contributed by atoms with E-state index >= 15 is 0 Å². The maximum atomic E-state index is 8.16. The fraction of sp³-hybridized carbons (Fsp3) is 0.320. The molecule has 0 spiro atoms. The second-order valence-electron chi connectivity index (χ2n) is 29.5. The molecule has 6 heteroatoms. The first-order valence-electron chi connectivity index (χ1n) is 39.6. The maximum Gasteiger partial charge on any atom is 0.212 e. The number of pyridine rings is 6. The van der Waals surface area contributed by atoms with Gasteiger partial charge in [-0.25, -0.2) is 27.4 Å². The van der Waals surface area contributed by atoms with Crippen molar-refractivity contribution in [3.8, 4) is 67.5 Å². The average molecular weight is 1380 g/mol. The Morgan fingerprint density at radius 1 is 0.350 bits per heavy atom. The molecule has 1 unspecified atom stereocenters. The second-order valence-corrected chi connectivity index (χ2v) is 29.5. The van der Waals surface area contributed by atoms with Gasteiger partial charge in [0, 0.05) is 113 Å². The highest BCUT2D eigenvalue weighted by Crippen LogP contribution is 2.29. The van der Waals surface area contributed by atoms with E-state index < -0.39 is 19.1 Å². The normalized spacial score (nSPS) is 12.6. The van der Waals surface area contributed by atoms with Gasteiger partial charge >= 0.3 is 0 Å². The molecule has 0 N–H and O–H groups in total. The molecular formula is C97H122N6+6. The van der Waals surface area contributed by atoms with Crippen LogP contribution in [-0.4, -0.2) is 0 Å². The van der Waals surface area contributed by atoms with Crippen LogP contribution in [0.25, 0.3) is 67.5 Å². The summed E-state index contributed by atoms with van der Waals surface area (Å²) in [6.45, 7) is 31.5. The zero-order valence-electron chi connectivity index (χ0n) is 72.2. The Morgan fingerprint density at radius 3 is 1.02 bits per heavy atom. The van der Waals surface area contributed by atoms with Crippen LogP contribution in [0.5, 0.6) is 0 Å². The van der Waals surface area contributed by atoms with E-state index in [9.17, 15) is 0 Å². The molecule has 0 amide bonds. The Kier molecular flexibility index (Phi) is 26.8. The molecule has 0 aliphatic rings. The SMILES string of the molecule is CCc1cc[n+](C)c(-c2ccccc2C)c1.Cc1ccccc1-c1cc(C(C)C)cc[n+]1C.Cc1ccccc1-c1cc(CC(C)(C)C)cc[n+]1C.Cc1ccccc1-c1cc(CC(C)C)cc[n+]1C.[2H]C([2H])(C)c1ccc(-c2ccccc2C)[n+](C)c1.[2H]C([2H])([2H])C([2H])(C)c1ccc(-c2ccccc2C)[n+](C)c1. The van der Waals surface area contributed by atoms with Crippen molar-refractivity contribution in [2.75, 3.05) is 0 Å². The van der Waals surface area contributed by atoms with Crippen molar-refractivity contribution in [1.29, 1.82) is 0 Å². The van der Waals surface area contributed by atoms with E-state index in [1.54, 1.807) is 19.2 Å². The van der Waals surface area contributed by atoms with Crippen molar-refractivity contribution in [3.05, 3.63) is 322 Å². The Balaban J connectivity index is 0.000000182. The predicted octanol–water partition coefficient (Wildman–Crippen LogP) is 21.1. The van der Waals surface area contributed by atoms with Gasteiger partial charge < -0.3 is 0 Å². The minimum Gasteiger partial charge on any atom is -0.201 e. The number of aryl methyl sites for hydroxylation is 14. The lowest BCUT2D eigenvalue weighted by Crippen LogP contribution is -2.31. The van der Waals surface area contributed by atoms with Crippen molar-refractivity contribution in [1.82, 2.24) is 0 Å². The Labute approximate surface area is 630 Å². The van der Waals surface area contributed by atoms with E-state index in [1.165, 1.54) is 108 Å². The molecule has 6 heterocycles. The first-order chi connectivity index (χ1) is 51.3. The van der Waals surface area contributed by atoms with Gasteiger partial charge in [-0.15, -0.1) is 0 Å². The summed E-state index contributed by atoms with van der Waals surface area (Å²) in [5.41, 5.74) is 29.6. The molecule has 0 bridgehead atoms. The Hall–Kier alpha value is -9.78. The third-order valence-electron chi connectivity index (χ3n) is 18.8. The number of aromatic nitrogens is 6. The molecule has 534 valence electrons. The van der Waals surface area contributed by atoms with Crippen molar-refractivity contribution in [2.24, 2.45) is 53.6 Å². The lowest BCUT2D eigenvalue weighted by molar-refractivity contribution is -0.661. The highest BCUT2D eigenvalue weighted by molar-refractivity contribution is 5.65. The molecule has 0 radical (unpaired) electrons. The van der Waals surface area contributed by atoms with E-state index in [0.717, 1.165) is 41.8 Å². The molecule has 0 saturated carbocycles. The van der Waals surface area contributed by atoms with Crippen LogP contribution in [0.4, 0.5) is 0 Å². The zero-order valence-corrected chi connectivity index (χ0v) is 66.2. The summed E-state index contributed by atoms with van der Waals surface area (Å²) in [5, 5.41) is 0. The smallest absolute Gasteiger partial charge is 0.201 e. The lowest BCUT2D eigenvalue weighted by atomic mass is 9.88. The molecule has 12 aromatic rings. The second kappa shape index (κ2) is 38.5. The predicted molar refractivity (Wildman–Crippen MR) is 435 cm³/mol. The van der Waals surface area contributed by atoms with Gasteiger partial charge in [0.25, 0.3) is 0 Å². The van der Waals surface area contributed by atoms with Gasteiger partial charge in [-0.1, -0.05) is 185 Å². The molecule has 0 aliphatic heterocycles. The minimum atomic E-state index is -2.36. The molecule has 12 rings (SSSR count). The van der Waals surface area contributed by atoms with Gasteiger partial charge in [0.1, 0.15) is 42.3 Å². The molecule has 6 nitrogen and oxygen atoms in total. The molecule has 0 fully saturated rings. The van der Waals surface area contributed by atoms with Gasteiger partial charge in [-0.2, -0.15) is 0 Å². The van der Waals surface area contributed by atoms with Crippen LogP contribution in [0.15, 0.2) is 256 Å². The Bertz CT molecular complexity index is 5000. The summed E-state index contributed by atoms with van der Waals surface area (Å²) < 4.78 is 58.9. The van der Waals surface area contributed by atoms with E-state index in [-0.39, 0.29) is 0 Å². The van der Waals surface area contributed by atoms with E-state index in [1.807, 2.05) is 90.9 Å². The van der Waals surface area contributed by atoms with Crippen molar-refractivity contribution in [2.45, 2.75) is 155 Å². The van der Waals surface area contributed by atoms with Crippen LogP contribution in [0.3, 0.4) is 0 Å². The summed E-state index contributed by atoms with van der Waals surface area (Å²) in [5.74, 6) is -0.351. The van der Waals surface area contributed by atoms with Crippen LogP contribution < -0.4 is 27.4 Å². The molecule has 6 aromatic heterocycles. The lowest BCUT2D eigenvalue weighted by Gasteiger charge is -2.18. The largest absolute Gasteiger partial charge is 0.212 e. The summed E-state index contributed by atoms with van der Waals surface area (Å²) in [6, 6.07) is 76.0. The number of benzene rings is 6. The number of nitrogens with zero attached hydrogens (tertiary/aromatic N) is 6. The van der Waals surface area contributed by atoms with E-state index in [4.69, 9.17) is 8.22 Å². The van der Waals surface area contributed by atoms with Crippen LogP contribution in [-0.2, 0) is 67.9 Å². The molecule has 1 atom stereocenters. The molecular weight excluding hydrogens is 1250 g/mol. The molecule has 6 aromatic carbocycles. The van der Waals surface area contributed by atoms with E-state index in [0.29, 0.717) is 28.4 Å². The van der Waals surface area contributed by atoms with Crippen LogP contribution in [0.2, 0.25) is 0 Å². The van der Waals surface area contributed by atoms with Gasteiger partial charge in [0.2, 0.25) is 34.2 Å². The average Bonchev–Trinajstić information content (AvgIpc) is 0.786. The summed E-state index contributed by atoms with van der Waals surface area (Å²) in [6.07, 6.45) is 14.2. The van der Waals surface area contributed by atoms with Gasteiger partial charge in [0.15, 0.2) is 37.2 Å². The highest BCUT2D eigenvalue weighted by atomic mass is 14.9. The monoisotopic (exact) mass is 1380 g/mol. The topological polar surface area (TPSA) is 23.3 Å². The van der Waals surface area contributed by atoms with E-state index in [2.05, 4.69) is 319 Å². The standard InChI is InChI=1S/C18H24N.C17H22N.2C16H20N.2C15H18N/c1-14-8-6-7-9-16(14)17-12-15(10-11-19(17)5)13-18(2,3)4;1-13(2)11-15-9-10-18(4)17(12-15)16-8-6-5-7-14(16)3;1-12(2)14-9-10-17(4)16(11-14)15-8-6-5-7-13(15)3;1-12(2)14-9-10-16(17(4)11-14)15-8-6-5-7-13(15)3;1-4-13-9-10-16(3)15(11-13)14-8-6-5-7-12(14)2;1-4-13-9-10-15(16(3)11-13)14-8-6-5-7-12(14)2/h6-12H,13H2,1-5H3;5-10,12-13H,11H2,1-4H3;2*5-12H,1-4H3;2*5-11H,4H2,1-3H3/q6*+1/i;;;1D3,12D;;4D2. The van der Waals surface area contributed by atoms with Gasteiger partial charge in [0.05, 0.1) is 0 Å². The summed E-state index contributed by atoms with van der Waals surface area (Å²) in [4.78, 5) is 0. The zero-order chi connectivity index (χ0) is 80.3. The third-order valence-corrected chi connectivity index (χ3v) is 18.8. The fourth-order valence-electron chi connectivity index (χ4n) is 12.7. The molecule has 103 heavy (non-hydrogen) atoms. The quantitative estimate of drug-likeness (QED) is 0.103. The third kappa shape index (κ3) is 23.4. The minimum absolute atomic E-state index is 0.322. The number of hydrogen-bond acceptors (Lipinski definition) is 0.